The Morgan fingerprint density at radius 1 is 1.22 bits per heavy atom. The molecule has 0 N–H and O–H groups in total. The molecule has 0 saturated heterocycles. The van der Waals surface area contributed by atoms with Crippen LogP contribution in [0.5, 0.6) is 5.88 Å². The lowest BCUT2D eigenvalue weighted by Crippen LogP contribution is -2.15. The van der Waals surface area contributed by atoms with Crippen molar-refractivity contribution < 1.29 is 4.74 Å². The highest BCUT2D eigenvalue weighted by atomic mass is 79.9. The van der Waals surface area contributed by atoms with Crippen LogP contribution in [-0.4, -0.2) is 21.0 Å². The van der Waals surface area contributed by atoms with Crippen LogP contribution in [0.1, 0.15) is 5.56 Å². The van der Waals surface area contributed by atoms with Crippen molar-refractivity contribution in [2.45, 2.75) is 12.5 Å². The Balaban J connectivity index is 0.00000156. The number of rotatable bonds is 2. The number of ether oxygens (including phenoxy) is 1. The van der Waals surface area contributed by atoms with Crippen LogP contribution in [0.2, 0.25) is 0 Å². The molecule has 3 aromatic rings. The molecule has 1 atom stereocenters. The van der Waals surface area contributed by atoms with Crippen LogP contribution in [0, 0.1) is 0 Å². The first-order valence-electron chi connectivity index (χ1n) is 7.10. The van der Waals surface area contributed by atoms with E-state index >= 15 is 0 Å². The smallest absolute Gasteiger partial charge is 0.207 e. The summed E-state index contributed by atoms with van der Waals surface area (Å²) in [5, 5.41) is 1.32. The Hall–Kier alpha value is -1.66. The number of halogens is 2. The van der Waals surface area contributed by atoms with Gasteiger partial charge in [0, 0.05) is 17.9 Å². The second-order valence-corrected chi connectivity index (χ2v) is 5.90. The molecule has 0 amide bonds. The Labute approximate surface area is 152 Å². The zero-order chi connectivity index (χ0) is 15.1. The second kappa shape index (κ2) is 6.45. The van der Waals surface area contributed by atoms with E-state index in [4.69, 9.17) is 4.74 Å². The van der Waals surface area contributed by atoms with E-state index in [1.807, 2.05) is 41.0 Å². The van der Waals surface area contributed by atoms with Gasteiger partial charge in [0.15, 0.2) is 11.1 Å². The summed E-state index contributed by atoms with van der Waals surface area (Å²) in [4.78, 5) is 17.1. The number of aromatic nitrogens is 2. The van der Waals surface area contributed by atoms with Crippen LogP contribution in [0.15, 0.2) is 53.5 Å². The van der Waals surface area contributed by atoms with Gasteiger partial charge in [0.25, 0.3) is 0 Å². The Morgan fingerprint density at radius 3 is 2.74 bits per heavy atom. The van der Waals surface area contributed by atoms with Crippen molar-refractivity contribution in [1.29, 1.82) is 0 Å². The maximum atomic E-state index is 12.7. The molecule has 23 heavy (non-hydrogen) atoms. The normalized spacial score (nSPS) is 15.8. The minimum atomic E-state index is -0.0190. The summed E-state index contributed by atoms with van der Waals surface area (Å²) in [5.41, 5.74) is 2.33. The van der Waals surface area contributed by atoms with E-state index < -0.39 is 0 Å². The van der Waals surface area contributed by atoms with Crippen LogP contribution in [0.3, 0.4) is 0 Å². The predicted octanol–water partition coefficient (Wildman–Crippen LogP) is 3.66. The number of nitrogens with zero attached hydrogens (tertiary/aromatic N) is 2. The van der Waals surface area contributed by atoms with Gasteiger partial charge in [0.2, 0.25) is 5.88 Å². The highest BCUT2D eigenvalue weighted by molar-refractivity contribution is 9.09. The number of alkyl halides is 1. The highest BCUT2D eigenvalue weighted by Gasteiger charge is 2.30. The van der Waals surface area contributed by atoms with Crippen LogP contribution < -0.4 is 10.2 Å². The van der Waals surface area contributed by atoms with Gasteiger partial charge in [-0.2, -0.15) is 0 Å². The lowest BCUT2D eigenvalue weighted by atomic mass is 10.1. The first kappa shape index (κ1) is 16.2. The molecule has 2 aromatic heterocycles. The van der Waals surface area contributed by atoms with Crippen molar-refractivity contribution in [2.75, 3.05) is 5.33 Å². The van der Waals surface area contributed by atoms with Gasteiger partial charge in [-0.1, -0.05) is 34.1 Å². The molecule has 0 spiro atoms. The van der Waals surface area contributed by atoms with Crippen molar-refractivity contribution in [3.8, 4) is 11.6 Å². The topological polar surface area (TPSA) is 44.1 Å². The Morgan fingerprint density at radius 2 is 2.00 bits per heavy atom. The predicted molar refractivity (Wildman–Crippen MR) is 99.6 cm³/mol. The largest absolute Gasteiger partial charge is 0.474 e. The number of hydrogen-bond donors (Lipinski definition) is 0. The van der Waals surface area contributed by atoms with E-state index in [1.54, 1.807) is 12.3 Å². The monoisotopic (exact) mass is 436 g/mol. The summed E-state index contributed by atoms with van der Waals surface area (Å²) in [5.74, 6) is 0.617. The lowest BCUT2D eigenvalue weighted by molar-refractivity contribution is 0.248. The average Bonchev–Trinajstić information content (AvgIpc) is 3.00. The molecule has 1 aliphatic rings. The molecule has 0 bridgehead atoms. The van der Waals surface area contributed by atoms with Crippen LogP contribution in [0.4, 0.5) is 0 Å². The summed E-state index contributed by atoms with van der Waals surface area (Å²) in [6.07, 6.45) is 2.30. The van der Waals surface area contributed by atoms with Crippen LogP contribution in [0.25, 0.3) is 16.7 Å². The molecule has 0 radical (unpaired) electrons. The maximum Gasteiger partial charge on any atom is 0.207 e. The van der Waals surface area contributed by atoms with E-state index in [2.05, 4.69) is 20.9 Å². The molecule has 1 aromatic carbocycles. The van der Waals surface area contributed by atoms with Crippen LogP contribution >= 0.6 is 32.9 Å². The van der Waals surface area contributed by atoms with Crippen LogP contribution in [-0.2, 0) is 6.42 Å². The van der Waals surface area contributed by atoms with Gasteiger partial charge in [0.1, 0.15) is 6.10 Å². The number of fused-ring (bicyclic) bond motifs is 2. The van der Waals surface area contributed by atoms with E-state index in [0.717, 1.165) is 11.3 Å². The quantitative estimate of drug-likeness (QED) is 0.574. The molecule has 0 saturated carbocycles. The van der Waals surface area contributed by atoms with Gasteiger partial charge >= 0.3 is 0 Å². The summed E-state index contributed by atoms with van der Waals surface area (Å²) < 4.78 is 7.95. The Kier molecular flexibility index (Phi) is 4.55. The van der Waals surface area contributed by atoms with Gasteiger partial charge in [-0.15, -0.1) is 17.0 Å². The van der Waals surface area contributed by atoms with Crippen molar-refractivity contribution >= 4 is 43.9 Å². The molecule has 118 valence electrons. The molecule has 3 heterocycles. The van der Waals surface area contributed by atoms with Crippen molar-refractivity contribution in [2.24, 2.45) is 0 Å². The molecular weight excluding hydrogens is 424 g/mol. The first-order valence-corrected chi connectivity index (χ1v) is 8.22. The molecule has 0 fully saturated rings. The third-order valence-corrected chi connectivity index (χ3v) is 4.60. The average molecular weight is 438 g/mol. The van der Waals surface area contributed by atoms with Gasteiger partial charge in [-0.25, -0.2) is 4.98 Å². The SMILES string of the molecule is Br.O=c1c2c(n(-c3ccccc3)c3ncccc13)OC(CBr)C2. The fraction of sp³-hybridized carbons (Fsp3) is 0.176. The zero-order valence-electron chi connectivity index (χ0n) is 12.1. The molecule has 4 rings (SSSR count). The lowest BCUT2D eigenvalue weighted by Gasteiger charge is -2.15. The number of para-hydroxylation sites is 1. The molecule has 0 aliphatic carbocycles. The minimum Gasteiger partial charge on any atom is -0.474 e. The fourth-order valence-electron chi connectivity index (χ4n) is 2.88. The summed E-state index contributed by atoms with van der Waals surface area (Å²) >= 11 is 3.44. The van der Waals surface area contributed by atoms with E-state index in [1.165, 1.54) is 0 Å². The molecule has 6 heteroatoms. The highest BCUT2D eigenvalue weighted by Crippen LogP contribution is 2.32. The van der Waals surface area contributed by atoms with Gasteiger partial charge in [-0.3, -0.25) is 9.36 Å². The number of hydrogen-bond acceptors (Lipinski definition) is 3. The molecule has 1 aliphatic heterocycles. The number of benzene rings is 1. The Bertz CT molecular complexity index is 910. The van der Waals surface area contributed by atoms with Gasteiger partial charge < -0.3 is 4.74 Å². The first-order chi connectivity index (χ1) is 10.8. The third-order valence-electron chi connectivity index (χ3n) is 3.88. The maximum absolute atomic E-state index is 12.7. The molecule has 4 nitrogen and oxygen atoms in total. The standard InChI is InChI=1S/C17H13BrN2O2.BrH/c18-10-12-9-14-15(21)13-7-4-8-19-16(13)20(17(14)22-12)11-5-2-1-3-6-11;/h1-8,12H,9-10H2;1H. The second-order valence-electron chi connectivity index (χ2n) is 5.26. The van der Waals surface area contributed by atoms with E-state index in [0.29, 0.717) is 28.7 Å². The van der Waals surface area contributed by atoms with Gasteiger partial charge in [-0.05, 0) is 24.3 Å². The van der Waals surface area contributed by atoms with Crippen molar-refractivity contribution in [3.63, 3.8) is 0 Å². The molecular formula is C17H14Br2N2O2. The van der Waals surface area contributed by atoms with E-state index in [-0.39, 0.29) is 28.5 Å². The van der Waals surface area contributed by atoms with Gasteiger partial charge in [0.05, 0.1) is 16.6 Å². The summed E-state index contributed by atoms with van der Waals surface area (Å²) in [6, 6.07) is 13.5. The summed E-state index contributed by atoms with van der Waals surface area (Å²) in [7, 11) is 0. The van der Waals surface area contributed by atoms with E-state index in [9.17, 15) is 4.79 Å². The fourth-order valence-corrected chi connectivity index (χ4v) is 3.24. The van der Waals surface area contributed by atoms with Crippen molar-refractivity contribution in [1.82, 2.24) is 9.55 Å². The summed E-state index contributed by atoms with van der Waals surface area (Å²) in [6.45, 7) is 0. The number of pyridine rings is 2. The zero-order valence-corrected chi connectivity index (χ0v) is 15.4. The molecule has 1 unspecified atom stereocenters. The minimum absolute atomic E-state index is 0. The van der Waals surface area contributed by atoms with Crippen molar-refractivity contribution in [3.05, 3.63) is 64.4 Å². The third kappa shape index (κ3) is 2.60.